The Morgan fingerprint density at radius 2 is 1.87 bits per heavy atom. The van der Waals surface area contributed by atoms with E-state index in [2.05, 4.69) is 22.0 Å². The lowest BCUT2D eigenvalue weighted by Crippen LogP contribution is -2.49. The van der Waals surface area contributed by atoms with Crippen molar-refractivity contribution in [1.82, 2.24) is 9.88 Å². The van der Waals surface area contributed by atoms with Gasteiger partial charge in [0.25, 0.3) is 5.91 Å². The maximum absolute atomic E-state index is 13.3. The van der Waals surface area contributed by atoms with Crippen molar-refractivity contribution >= 4 is 18.1 Å². The second-order valence-electron chi connectivity index (χ2n) is 7.61. The molecule has 3 aromatic rings. The Bertz CT molecular complexity index is 1220. The largest absolute Gasteiger partial charge is 0.376 e. The van der Waals surface area contributed by atoms with Crippen LogP contribution in [0, 0.1) is 18.6 Å². The van der Waals surface area contributed by atoms with Crippen LogP contribution >= 0.6 is 0 Å². The molecule has 0 saturated carbocycles. The van der Waals surface area contributed by atoms with Gasteiger partial charge in [0.1, 0.15) is 0 Å². The molecule has 6 heteroatoms. The zero-order valence-electron chi connectivity index (χ0n) is 16.5. The van der Waals surface area contributed by atoms with E-state index in [1.165, 1.54) is 6.07 Å². The molecule has 1 unspecified atom stereocenters. The van der Waals surface area contributed by atoms with Crippen molar-refractivity contribution in [3.63, 3.8) is 0 Å². The molecule has 1 heterocycles. The molecule has 1 amide bonds. The molecular formula is C24H22F2N2O2. The number of nitrogens with one attached hydrogen (secondary N) is 1. The summed E-state index contributed by atoms with van der Waals surface area (Å²) in [7, 11) is 0. The van der Waals surface area contributed by atoms with Crippen molar-refractivity contribution in [2.24, 2.45) is 0 Å². The predicted molar refractivity (Wildman–Crippen MR) is 111 cm³/mol. The topological polar surface area (TPSA) is 54.3 Å². The maximum atomic E-state index is 13.3. The van der Waals surface area contributed by atoms with Gasteiger partial charge in [0.15, 0.2) is 17.2 Å². The van der Waals surface area contributed by atoms with E-state index in [9.17, 15) is 18.7 Å². The van der Waals surface area contributed by atoms with Crippen molar-refractivity contribution in [2.75, 3.05) is 0 Å². The van der Waals surface area contributed by atoms with E-state index in [4.69, 9.17) is 0 Å². The number of carbonyl (C=O) groups is 1. The zero-order chi connectivity index (χ0) is 21.3. The summed E-state index contributed by atoms with van der Waals surface area (Å²) in [6.07, 6.45) is 3.56. The van der Waals surface area contributed by atoms with Gasteiger partial charge in [-0.15, -0.1) is 0 Å². The zero-order valence-corrected chi connectivity index (χ0v) is 16.5. The van der Waals surface area contributed by atoms with Crippen LogP contribution < -0.4 is 15.9 Å². The Labute approximate surface area is 172 Å². The van der Waals surface area contributed by atoms with E-state index in [0.717, 1.165) is 34.0 Å². The van der Waals surface area contributed by atoms with E-state index in [-0.39, 0.29) is 13.0 Å². The first kappa shape index (κ1) is 20.0. The van der Waals surface area contributed by atoms with Gasteiger partial charge in [0.05, 0.1) is 0 Å². The second-order valence-corrected chi connectivity index (χ2v) is 7.61. The second kappa shape index (κ2) is 7.88. The number of hydrogen-bond acceptors (Lipinski definition) is 2. The Kier molecular flexibility index (Phi) is 5.26. The molecule has 154 valence electrons. The first-order chi connectivity index (χ1) is 14.4. The molecule has 1 aliphatic rings. The quantitative estimate of drug-likeness (QED) is 0.680. The minimum absolute atomic E-state index is 0.00686. The third kappa shape index (κ3) is 3.91. The van der Waals surface area contributed by atoms with E-state index in [1.807, 2.05) is 37.3 Å². The molecule has 1 atom stereocenters. The molecule has 2 aromatic carbocycles. The van der Waals surface area contributed by atoms with Gasteiger partial charge in [-0.3, -0.25) is 4.79 Å². The number of aryl methyl sites for hydroxylation is 1. The highest BCUT2D eigenvalue weighted by atomic mass is 19.2. The van der Waals surface area contributed by atoms with Crippen LogP contribution in [0.1, 0.15) is 23.2 Å². The van der Waals surface area contributed by atoms with E-state index in [0.29, 0.717) is 12.1 Å². The van der Waals surface area contributed by atoms with Crippen molar-refractivity contribution < 1.29 is 18.7 Å². The molecule has 0 spiro atoms. The third-order valence-corrected chi connectivity index (χ3v) is 5.39. The number of carbonyl (C=O) groups excluding carboxylic acids is 1. The normalized spacial score (nSPS) is 17.6. The molecule has 4 nitrogen and oxygen atoms in total. The Morgan fingerprint density at radius 3 is 2.60 bits per heavy atom. The molecule has 0 fully saturated rings. The monoisotopic (exact) mass is 408 g/mol. The van der Waals surface area contributed by atoms with Gasteiger partial charge in [0.2, 0.25) is 0 Å². The van der Waals surface area contributed by atoms with Gasteiger partial charge < -0.3 is 15.0 Å². The molecular weight excluding hydrogens is 386 g/mol. The van der Waals surface area contributed by atoms with Crippen LogP contribution in [0.4, 0.5) is 8.78 Å². The number of rotatable bonds is 5. The smallest absolute Gasteiger partial charge is 0.256 e. The summed E-state index contributed by atoms with van der Waals surface area (Å²) in [5, 5.41) is 15.3. The number of aromatic nitrogens is 1. The van der Waals surface area contributed by atoms with Gasteiger partial charge in [-0.05, 0) is 47.5 Å². The van der Waals surface area contributed by atoms with Gasteiger partial charge in [-0.2, -0.15) is 0 Å². The molecule has 0 bridgehead atoms. The summed E-state index contributed by atoms with van der Waals surface area (Å²) in [6, 6.07) is 15.4. The van der Waals surface area contributed by atoms with Crippen molar-refractivity contribution in [3.8, 4) is 0 Å². The summed E-state index contributed by atoms with van der Waals surface area (Å²) in [5.74, 6) is -2.50. The Hall–Kier alpha value is -3.25. The lowest BCUT2D eigenvalue weighted by Gasteiger charge is -2.24. The number of halogens is 2. The molecule has 30 heavy (non-hydrogen) atoms. The van der Waals surface area contributed by atoms with Crippen LogP contribution in [0.25, 0.3) is 12.2 Å². The van der Waals surface area contributed by atoms with Crippen LogP contribution in [-0.4, -0.2) is 21.2 Å². The van der Waals surface area contributed by atoms with Crippen molar-refractivity contribution in [2.45, 2.75) is 32.0 Å². The first-order valence-corrected chi connectivity index (χ1v) is 9.73. The summed E-state index contributed by atoms with van der Waals surface area (Å²) < 4.78 is 28.5. The Balaban J connectivity index is 1.54. The fraction of sp³-hybridized carbons (Fsp3) is 0.208. The standard InChI is InChI=1S/C24H22F2N2O2/c1-16-11-19-13-24(30,23(29)27-14-18-7-8-20(25)21(26)12-18)10-9-22(19)28(16)15-17-5-3-2-4-6-17/h2-9,11-13,30H,10,14-15H2,1H3,(H,27,29). The highest BCUT2D eigenvalue weighted by Gasteiger charge is 2.34. The van der Waals surface area contributed by atoms with E-state index >= 15 is 0 Å². The first-order valence-electron chi connectivity index (χ1n) is 9.73. The molecule has 1 aromatic heterocycles. The molecule has 1 aliphatic carbocycles. The van der Waals surface area contributed by atoms with Crippen molar-refractivity contribution in [1.29, 1.82) is 0 Å². The average Bonchev–Trinajstić information content (AvgIpc) is 3.03. The Morgan fingerprint density at radius 1 is 1.10 bits per heavy atom. The highest BCUT2D eigenvalue weighted by molar-refractivity contribution is 5.92. The minimum Gasteiger partial charge on any atom is -0.376 e. The predicted octanol–water partition coefficient (Wildman–Crippen LogP) is 2.14. The summed E-state index contributed by atoms with van der Waals surface area (Å²) >= 11 is 0. The van der Waals surface area contributed by atoms with Crippen LogP contribution in [0.5, 0.6) is 0 Å². The molecule has 2 N–H and O–H groups in total. The third-order valence-electron chi connectivity index (χ3n) is 5.39. The number of aliphatic hydroxyl groups is 1. The number of benzene rings is 2. The SMILES string of the molecule is Cc1cc2c(n1Cc1ccccc1)=CCC(O)(C(=O)NCc1ccc(F)c(F)c1)C=2. The molecule has 0 saturated heterocycles. The van der Waals surface area contributed by atoms with Crippen molar-refractivity contribution in [3.05, 3.63) is 93.6 Å². The van der Waals surface area contributed by atoms with E-state index in [1.54, 1.807) is 6.08 Å². The highest BCUT2D eigenvalue weighted by Crippen LogP contribution is 2.17. The molecule has 0 aliphatic heterocycles. The average molecular weight is 408 g/mol. The fourth-order valence-electron chi connectivity index (χ4n) is 3.75. The number of hydrogen-bond donors (Lipinski definition) is 2. The van der Waals surface area contributed by atoms with Crippen LogP contribution in [0.3, 0.4) is 0 Å². The van der Waals surface area contributed by atoms with Gasteiger partial charge in [0, 0.05) is 30.6 Å². The van der Waals surface area contributed by atoms with Gasteiger partial charge in [-0.25, -0.2) is 8.78 Å². The number of fused-ring (bicyclic) bond motifs is 1. The van der Waals surface area contributed by atoms with Gasteiger partial charge >= 0.3 is 0 Å². The molecule has 0 radical (unpaired) electrons. The number of amides is 1. The lowest BCUT2D eigenvalue weighted by molar-refractivity contribution is -0.133. The van der Waals surface area contributed by atoms with E-state index < -0.39 is 23.1 Å². The fourth-order valence-corrected chi connectivity index (χ4v) is 3.75. The summed E-state index contributed by atoms with van der Waals surface area (Å²) in [6.45, 7) is 2.69. The lowest BCUT2D eigenvalue weighted by atomic mass is 9.93. The number of nitrogens with zero attached hydrogens (tertiary/aromatic N) is 1. The minimum atomic E-state index is -1.70. The maximum Gasteiger partial charge on any atom is 0.256 e. The molecule has 4 rings (SSSR count). The van der Waals surface area contributed by atoms with Gasteiger partial charge in [-0.1, -0.05) is 42.5 Å². The van der Waals surface area contributed by atoms with Crippen LogP contribution in [0.2, 0.25) is 0 Å². The summed E-state index contributed by atoms with van der Waals surface area (Å²) in [5.41, 5.74) is 0.910. The summed E-state index contributed by atoms with van der Waals surface area (Å²) in [4.78, 5) is 12.7. The van der Waals surface area contributed by atoms with Crippen LogP contribution in [0.15, 0.2) is 54.6 Å². The van der Waals surface area contributed by atoms with Crippen LogP contribution in [-0.2, 0) is 17.9 Å².